The van der Waals surface area contributed by atoms with Crippen molar-refractivity contribution in [3.05, 3.63) is 48.9 Å². The molecule has 0 aliphatic carbocycles. The first kappa shape index (κ1) is 17.6. The van der Waals surface area contributed by atoms with Crippen LogP contribution in [0.2, 0.25) is 0 Å². The number of rotatable bonds is 6. The Kier molecular flexibility index (Phi) is 5.26. The number of nitrogens with zero attached hydrogens (tertiary/aromatic N) is 5. The number of fused-ring (bicyclic) bond motifs is 1. The van der Waals surface area contributed by atoms with Crippen LogP contribution in [0.3, 0.4) is 0 Å². The molecule has 0 N–H and O–H groups in total. The molecule has 3 rings (SSSR count). The van der Waals surface area contributed by atoms with E-state index in [-0.39, 0.29) is 5.91 Å². The van der Waals surface area contributed by atoms with Crippen LogP contribution in [0.1, 0.15) is 6.92 Å². The highest BCUT2D eigenvalue weighted by Crippen LogP contribution is 2.24. The number of hydrogen-bond donors (Lipinski definition) is 0. The Morgan fingerprint density at radius 2 is 2.00 bits per heavy atom. The first-order valence-electron chi connectivity index (χ1n) is 8.30. The van der Waals surface area contributed by atoms with Crippen LogP contribution in [0.25, 0.3) is 10.9 Å². The summed E-state index contributed by atoms with van der Waals surface area (Å²) < 4.78 is 5.85. The van der Waals surface area contributed by atoms with Gasteiger partial charge in [-0.05, 0) is 24.3 Å². The van der Waals surface area contributed by atoms with Crippen molar-refractivity contribution in [3.63, 3.8) is 0 Å². The van der Waals surface area contributed by atoms with E-state index < -0.39 is 0 Å². The lowest BCUT2D eigenvalue weighted by atomic mass is 10.2. The Balaban J connectivity index is 1.70. The predicted molar refractivity (Wildman–Crippen MR) is 100 cm³/mol. The molecule has 2 aromatic heterocycles. The molecule has 0 radical (unpaired) electrons. The van der Waals surface area contributed by atoms with E-state index in [9.17, 15) is 4.79 Å². The highest BCUT2D eigenvalue weighted by Gasteiger charge is 2.09. The van der Waals surface area contributed by atoms with Crippen molar-refractivity contribution in [2.24, 2.45) is 0 Å². The summed E-state index contributed by atoms with van der Waals surface area (Å²) in [5.41, 5.74) is 0.911. The van der Waals surface area contributed by atoms with Crippen LogP contribution in [-0.4, -0.2) is 52.9 Å². The Morgan fingerprint density at radius 1 is 1.15 bits per heavy atom. The average molecular weight is 351 g/mol. The maximum absolute atomic E-state index is 11.3. The SMILES string of the molecule is CC(=O)N(C)CCN(C)c1cncc(Oc2ccc3ncccc3c2)n1. The minimum absolute atomic E-state index is 0.0346. The lowest BCUT2D eigenvalue weighted by Crippen LogP contribution is -2.33. The second-order valence-electron chi connectivity index (χ2n) is 6.04. The molecule has 1 amide bonds. The van der Waals surface area contributed by atoms with Gasteiger partial charge in [0.05, 0.1) is 17.9 Å². The molecule has 0 atom stereocenters. The average Bonchev–Trinajstić information content (AvgIpc) is 2.65. The largest absolute Gasteiger partial charge is 0.437 e. The maximum Gasteiger partial charge on any atom is 0.239 e. The van der Waals surface area contributed by atoms with Crippen LogP contribution >= 0.6 is 0 Å². The van der Waals surface area contributed by atoms with Crippen molar-refractivity contribution in [1.82, 2.24) is 19.9 Å². The highest BCUT2D eigenvalue weighted by atomic mass is 16.5. The summed E-state index contributed by atoms with van der Waals surface area (Å²) in [7, 11) is 3.68. The summed E-state index contributed by atoms with van der Waals surface area (Å²) in [4.78, 5) is 27.9. The lowest BCUT2D eigenvalue weighted by Gasteiger charge is -2.22. The van der Waals surface area contributed by atoms with Crippen LogP contribution in [0.5, 0.6) is 11.6 Å². The summed E-state index contributed by atoms with van der Waals surface area (Å²) >= 11 is 0. The molecule has 134 valence electrons. The Hall–Kier alpha value is -3.22. The molecule has 0 saturated heterocycles. The molecule has 1 aromatic carbocycles. The van der Waals surface area contributed by atoms with Gasteiger partial charge in [0, 0.05) is 45.7 Å². The van der Waals surface area contributed by atoms with Gasteiger partial charge in [0.1, 0.15) is 5.75 Å². The standard InChI is InChI=1S/C19H21N5O2/c1-14(25)23(2)9-10-24(3)18-12-20-13-19(22-18)26-16-6-7-17-15(11-16)5-4-8-21-17/h4-8,11-13H,9-10H2,1-3H3. The maximum atomic E-state index is 11.3. The molecule has 3 aromatic rings. The van der Waals surface area contributed by atoms with Gasteiger partial charge in [-0.25, -0.2) is 0 Å². The van der Waals surface area contributed by atoms with E-state index in [0.717, 1.165) is 10.9 Å². The predicted octanol–water partition coefficient (Wildman–Crippen LogP) is 2.73. The van der Waals surface area contributed by atoms with Crippen LogP contribution < -0.4 is 9.64 Å². The molecule has 2 heterocycles. The van der Waals surface area contributed by atoms with Gasteiger partial charge in [-0.2, -0.15) is 4.98 Å². The minimum atomic E-state index is 0.0346. The van der Waals surface area contributed by atoms with Crippen LogP contribution in [0, 0.1) is 0 Å². The van der Waals surface area contributed by atoms with Crippen molar-refractivity contribution >= 4 is 22.6 Å². The fourth-order valence-corrected chi connectivity index (χ4v) is 2.38. The number of carbonyl (C=O) groups excluding carboxylic acids is 1. The number of likely N-dealkylation sites (N-methyl/N-ethyl adjacent to an activating group) is 2. The molecular formula is C19H21N5O2. The first-order valence-corrected chi connectivity index (χ1v) is 8.30. The molecule has 7 heteroatoms. The van der Waals surface area contributed by atoms with E-state index in [1.165, 1.54) is 0 Å². The minimum Gasteiger partial charge on any atom is -0.437 e. The Labute approximate surface area is 152 Å². The number of hydrogen-bond acceptors (Lipinski definition) is 6. The van der Waals surface area contributed by atoms with Gasteiger partial charge >= 0.3 is 0 Å². The number of carbonyl (C=O) groups is 1. The van der Waals surface area contributed by atoms with Gasteiger partial charge in [-0.3, -0.25) is 14.8 Å². The van der Waals surface area contributed by atoms with Gasteiger partial charge in [0.25, 0.3) is 0 Å². The lowest BCUT2D eigenvalue weighted by molar-refractivity contribution is -0.127. The topological polar surface area (TPSA) is 71.5 Å². The second kappa shape index (κ2) is 7.77. The zero-order valence-corrected chi connectivity index (χ0v) is 15.1. The molecule has 0 saturated carbocycles. The Morgan fingerprint density at radius 3 is 2.81 bits per heavy atom. The summed E-state index contributed by atoms with van der Waals surface area (Å²) in [5.74, 6) is 1.81. The molecule has 26 heavy (non-hydrogen) atoms. The van der Waals surface area contributed by atoms with Crippen LogP contribution in [-0.2, 0) is 4.79 Å². The van der Waals surface area contributed by atoms with Gasteiger partial charge in [0.2, 0.25) is 11.8 Å². The molecule has 0 unspecified atom stereocenters. The summed E-state index contributed by atoms with van der Waals surface area (Å²) in [5, 5.41) is 0.999. The summed E-state index contributed by atoms with van der Waals surface area (Å²) in [6, 6.07) is 9.55. The third-order valence-corrected chi connectivity index (χ3v) is 4.10. The number of ether oxygens (including phenoxy) is 1. The second-order valence-corrected chi connectivity index (χ2v) is 6.04. The van der Waals surface area contributed by atoms with Gasteiger partial charge in [-0.1, -0.05) is 6.07 Å². The van der Waals surface area contributed by atoms with E-state index >= 15 is 0 Å². The molecule has 0 spiro atoms. The number of pyridine rings is 1. The van der Waals surface area contributed by atoms with Crippen LogP contribution in [0.4, 0.5) is 5.82 Å². The van der Waals surface area contributed by atoms with Gasteiger partial charge in [-0.15, -0.1) is 0 Å². The summed E-state index contributed by atoms with van der Waals surface area (Å²) in [6.07, 6.45) is 5.01. The Bertz CT molecular complexity index is 915. The van der Waals surface area contributed by atoms with E-state index in [1.807, 2.05) is 42.3 Å². The quantitative estimate of drug-likeness (QED) is 0.680. The third-order valence-electron chi connectivity index (χ3n) is 4.10. The van der Waals surface area contributed by atoms with Crippen molar-refractivity contribution in [2.75, 3.05) is 32.1 Å². The molecule has 0 aliphatic rings. The third kappa shape index (κ3) is 4.24. The zero-order valence-electron chi connectivity index (χ0n) is 15.1. The zero-order chi connectivity index (χ0) is 18.5. The van der Waals surface area contributed by atoms with E-state index in [1.54, 1.807) is 37.5 Å². The van der Waals surface area contributed by atoms with Crippen molar-refractivity contribution in [3.8, 4) is 11.6 Å². The van der Waals surface area contributed by atoms with Gasteiger partial charge < -0.3 is 14.5 Å². The molecule has 0 fully saturated rings. The fraction of sp³-hybridized carbons (Fsp3) is 0.263. The van der Waals surface area contributed by atoms with Crippen molar-refractivity contribution < 1.29 is 9.53 Å². The highest BCUT2D eigenvalue weighted by molar-refractivity contribution is 5.79. The normalized spacial score (nSPS) is 10.6. The monoisotopic (exact) mass is 351 g/mol. The number of amides is 1. The molecule has 0 bridgehead atoms. The summed E-state index contributed by atoms with van der Waals surface area (Å²) in [6.45, 7) is 2.81. The number of anilines is 1. The van der Waals surface area contributed by atoms with Crippen molar-refractivity contribution in [2.45, 2.75) is 6.92 Å². The van der Waals surface area contributed by atoms with Crippen LogP contribution in [0.15, 0.2) is 48.9 Å². The molecule has 7 nitrogen and oxygen atoms in total. The van der Waals surface area contributed by atoms with E-state index in [4.69, 9.17) is 4.74 Å². The number of benzene rings is 1. The molecule has 0 aliphatic heterocycles. The molecular weight excluding hydrogens is 330 g/mol. The van der Waals surface area contributed by atoms with E-state index in [0.29, 0.717) is 30.5 Å². The smallest absolute Gasteiger partial charge is 0.239 e. The first-order chi connectivity index (χ1) is 12.5. The fourth-order valence-electron chi connectivity index (χ4n) is 2.38. The van der Waals surface area contributed by atoms with E-state index in [2.05, 4.69) is 15.0 Å². The van der Waals surface area contributed by atoms with Crippen molar-refractivity contribution in [1.29, 1.82) is 0 Å². The number of aromatic nitrogens is 3. The van der Waals surface area contributed by atoms with Gasteiger partial charge in [0.15, 0.2) is 5.82 Å².